The van der Waals surface area contributed by atoms with Gasteiger partial charge in [-0.15, -0.1) is 0 Å². The Bertz CT molecular complexity index is 1350. The fourth-order valence-electron chi connectivity index (χ4n) is 3.18. The minimum atomic E-state index is -3.82. The van der Waals surface area contributed by atoms with Crippen LogP contribution in [-0.2, 0) is 21.2 Å². The van der Waals surface area contributed by atoms with Crippen LogP contribution in [0.3, 0.4) is 0 Å². The van der Waals surface area contributed by atoms with E-state index in [0.717, 1.165) is 10.3 Å². The van der Waals surface area contributed by atoms with Gasteiger partial charge in [-0.2, -0.15) is 0 Å². The molecule has 0 aliphatic rings. The standard InChI is InChI=1S/C23H21N3O4S2/c1-16-9-11-18(12-10-16)32(28,29)15-21(27)26(14-17-6-3-4-13-24-17)23-25-22-19(30-2)7-5-8-20(22)31-23/h3-13H,14-15H2,1-2H3. The smallest absolute Gasteiger partial charge is 0.244 e. The zero-order valence-corrected chi connectivity index (χ0v) is 19.2. The van der Waals surface area contributed by atoms with Crippen molar-refractivity contribution in [3.05, 3.63) is 78.1 Å². The van der Waals surface area contributed by atoms with E-state index >= 15 is 0 Å². The fraction of sp³-hybridized carbons (Fsp3) is 0.174. The maximum absolute atomic E-state index is 13.3. The second-order valence-electron chi connectivity index (χ2n) is 7.18. The van der Waals surface area contributed by atoms with E-state index < -0.39 is 21.5 Å². The van der Waals surface area contributed by atoms with Crippen LogP contribution in [0.5, 0.6) is 5.75 Å². The molecule has 0 aliphatic carbocycles. The first-order chi connectivity index (χ1) is 15.4. The van der Waals surface area contributed by atoms with Crippen molar-refractivity contribution in [3.8, 4) is 5.75 Å². The molecule has 4 aromatic rings. The first-order valence-electron chi connectivity index (χ1n) is 9.80. The highest BCUT2D eigenvalue weighted by molar-refractivity contribution is 7.92. The molecule has 0 atom stereocenters. The molecule has 9 heteroatoms. The molecular weight excluding hydrogens is 446 g/mol. The van der Waals surface area contributed by atoms with Gasteiger partial charge in [0, 0.05) is 6.20 Å². The van der Waals surface area contributed by atoms with Crippen LogP contribution in [0.2, 0.25) is 0 Å². The summed E-state index contributed by atoms with van der Waals surface area (Å²) in [5, 5.41) is 0.388. The Balaban J connectivity index is 1.71. The van der Waals surface area contributed by atoms with Crippen molar-refractivity contribution in [3.63, 3.8) is 0 Å². The van der Waals surface area contributed by atoms with E-state index in [9.17, 15) is 13.2 Å². The van der Waals surface area contributed by atoms with Gasteiger partial charge in [0.25, 0.3) is 0 Å². The minimum absolute atomic E-state index is 0.102. The van der Waals surface area contributed by atoms with Crippen molar-refractivity contribution in [2.45, 2.75) is 18.4 Å². The quantitative estimate of drug-likeness (QED) is 0.408. The Kier molecular flexibility index (Phi) is 6.20. The van der Waals surface area contributed by atoms with Crippen molar-refractivity contribution >= 4 is 42.4 Å². The van der Waals surface area contributed by atoms with Crippen LogP contribution in [0.15, 0.2) is 71.8 Å². The van der Waals surface area contributed by atoms with Gasteiger partial charge in [-0.05, 0) is 43.3 Å². The third kappa shape index (κ3) is 4.63. The topological polar surface area (TPSA) is 89.5 Å². The first-order valence-corrected chi connectivity index (χ1v) is 12.3. The normalized spacial score (nSPS) is 11.4. The zero-order valence-electron chi connectivity index (χ0n) is 17.6. The number of methoxy groups -OCH3 is 1. The lowest BCUT2D eigenvalue weighted by Crippen LogP contribution is -2.35. The van der Waals surface area contributed by atoms with Gasteiger partial charge in [-0.1, -0.05) is 41.2 Å². The van der Waals surface area contributed by atoms with Crippen LogP contribution in [0, 0.1) is 6.92 Å². The summed E-state index contributed by atoms with van der Waals surface area (Å²) in [6.07, 6.45) is 1.63. The van der Waals surface area contributed by atoms with Crippen LogP contribution in [-0.4, -0.2) is 37.2 Å². The van der Waals surface area contributed by atoms with Crippen molar-refractivity contribution in [2.75, 3.05) is 17.8 Å². The number of amides is 1. The van der Waals surface area contributed by atoms with Crippen molar-refractivity contribution in [1.82, 2.24) is 9.97 Å². The summed E-state index contributed by atoms with van der Waals surface area (Å²) in [5.41, 5.74) is 2.19. The predicted octanol–water partition coefficient (Wildman–Crippen LogP) is 4.02. The van der Waals surface area contributed by atoms with E-state index in [1.807, 2.05) is 25.1 Å². The molecule has 0 radical (unpaired) electrons. The summed E-state index contributed by atoms with van der Waals surface area (Å²) in [6, 6.07) is 17.3. The molecule has 0 N–H and O–H groups in total. The zero-order chi connectivity index (χ0) is 22.7. The van der Waals surface area contributed by atoms with Gasteiger partial charge < -0.3 is 4.74 Å². The monoisotopic (exact) mass is 467 g/mol. The Labute approximate surface area is 190 Å². The molecule has 0 spiro atoms. The summed E-state index contributed by atoms with van der Waals surface area (Å²) in [7, 11) is -2.27. The summed E-state index contributed by atoms with van der Waals surface area (Å²) in [5.74, 6) is -0.660. The van der Waals surface area contributed by atoms with E-state index in [4.69, 9.17) is 4.74 Å². The van der Waals surface area contributed by atoms with Gasteiger partial charge in [0.05, 0.1) is 28.9 Å². The highest BCUT2D eigenvalue weighted by Gasteiger charge is 2.27. The summed E-state index contributed by atoms with van der Waals surface area (Å²) in [6.45, 7) is 1.97. The molecule has 2 aromatic carbocycles. The number of benzene rings is 2. The molecule has 0 aliphatic heterocycles. The molecule has 2 aromatic heterocycles. The average molecular weight is 468 g/mol. The molecule has 7 nitrogen and oxygen atoms in total. The Hall–Kier alpha value is -3.30. The molecule has 0 saturated carbocycles. The Morgan fingerprint density at radius 2 is 1.84 bits per heavy atom. The molecule has 0 fully saturated rings. The van der Waals surface area contributed by atoms with E-state index in [1.54, 1.807) is 43.6 Å². The lowest BCUT2D eigenvalue weighted by atomic mass is 10.2. The van der Waals surface area contributed by atoms with Crippen LogP contribution in [0.4, 0.5) is 5.13 Å². The first kappa shape index (κ1) is 21.9. The van der Waals surface area contributed by atoms with Crippen LogP contribution >= 0.6 is 11.3 Å². The number of aromatic nitrogens is 2. The van der Waals surface area contributed by atoms with Crippen molar-refractivity contribution in [1.29, 1.82) is 0 Å². The van der Waals surface area contributed by atoms with Gasteiger partial charge in [0.2, 0.25) is 5.91 Å². The molecule has 0 bridgehead atoms. The summed E-state index contributed by atoms with van der Waals surface area (Å²) in [4.78, 5) is 23.7. The van der Waals surface area contributed by atoms with Gasteiger partial charge in [0.15, 0.2) is 15.0 Å². The number of aryl methyl sites for hydroxylation is 1. The molecule has 164 valence electrons. The Morgan fingerprint density at radius 3 is 2.53 bits per heavy atom. The molecule has 32 heavy (non-hydrogen) atoms. The number of ether oxygens (including phenoxy) is 1. The number of carbonyl (C=O) groups is 1. The summed E-state index contributed by atoms with van der Waals surface area (Å²) >= 11 is 1.30. The number of anilines is 1. The van der Waals surface area contributed by atoms with E-state index in [0.29, 0.717) is 22.1 Å². The third-order valence-electron chi connectivity index (χ3n) is 4.86. The van der Waals surface area contributed by atoms with E-state index in [-0.39, 0.29) is 11.4 Å². The highest BCUT2D eigenvalue weighted by Crippen LogP contribution is 2.34. The number of nitrogens with zero attached hydrogens (tertiary/aromatic N) is 3. The molecule has 4 rings (SSSR count). The predicted molar refractivity (Wildman–Crippen MR) is 125 cm³/mol. The van der Waals surface area contributed by atoms with Gasteiger partial charge in [0.1, 0.15) is 17.0 Å². The fourth-order valence-corrected chi connectivity index (χ4v) is 5.38. The molecule has 2 heterocycles. The number of hydrogen-bond donors (Lipinski definition) is 0. The summed E-state index contributed by atoms with van der Waals surface area (Å²) < 4.78 is 32.0. The number of rotatable bonds is 7. The number of thiazole rings is 1. The number of para-hydroxylation sites is 1. The van der Waals surface area contributed by atoms with Crippen LogP contribution in [0.1, 0.15) is 11.3 Å². The van der Waals surface area contributed by atoms with Crippen molar-refractivity contribution < 1.29 is 17.9 Å². The number of hydrogen-bond acceptors (Lipinski definition) is 7. The number of pyridine rings is 1. The molecule has 0 unspecified atom stereocenters. The highest BCUT2D eigenvalue weighted by atomic mass is 32.2. The Morgan fingerprint density at radius 1 is 1.06 bits per heavy atom. The maximum atomic E-state index is 13.3. The lowest BCUT2D eigenvalue weighted by Gasteiger charge is -2.19. The number of fused-ring (bicyclic) bond motifs is 1. The lowest BCUT2D eigenvalue weighted by molar-refractivity contribution is -0.116. The number of sulfone groups is 1. The van der Waals surface area contributed by atoms with Gasteiger partial charge >= 0.3 is 0 Å². The largest absolute Gasteiger partial charge is 0.494 e. The molecular formula is C23H21N3O4S2. The molecule has 0 saturated heterocycles. The van der Waals surface area contributed by atoms with Crippen LogP contribution in [0.25, 0.3) is 10.2 Å². The number of carbonyl (C=O) groups excluding carboxylic acids is 1. The van der Waals surface area contributed by atoms with E-state index in [2.05, 4.69) is 9.97 Å². The average Bonchev–Trinajstić information content (AvgIpc) is 3.22. The second-order valence-corrected chi connectivity index (χ2v) is 10.2. The minimum Gasteiger partial charge on any atom is -0.494 e. The van der Waals surface area contributed by atoms with Gasteiger partial charge in [-0.3, -0.25) is 14.7 Å². The SMILES string of the molecule is COc1cccc2sc(N(Cc3ccccn3)C(=O)CS(=O)(=O)c3ccc(C)cc3)nc12. The van der Waals surface area contributed by atoms with Crippen LogP contribution < -0.4 is 9.64 Å². The second kappa shape index (κ2) is 9.05. The maximum Gasteiger partial charge on any atom is 0.244 e. The third-order valence-corrected chi connectivity index (χ3v) is 7.52. The molecule has 1 amide bonds. The van der Waals surface area contributed by atoms with Gasteiger partial charge in [-0.25, -0.2) is 13.4 Å². The van der Waals surface area contributed by atoms with E-state index in [1.165, 1.54) is 28.4 Å². The van der Waals surface area contributed by atoms with Crippen molar-refractivity contribution in [2.24, 2.45) is 0 Å².